The van der Waals surface area contributed by atoms with Gasteiger partial charge < -0.3 is 9.32 Å². The summed E-state index contributed by atoms with van der Waals surface area (Å²) in [5, 5.41) is 4.85. The maximum absolute atomic E-state index is 6.90. The van der Waals surface area contributed by atoms with Crippen molar-refractivity contribution in [3.05, 3.63) is 188 Å². The summed E-state index contributed by atoms with van der Waals surface area (Å²) >= 11 is 1.86. The van der Waals surface area contributed by atoms with Gasteiger partial charge in [-0.2, -0.15) is 0 Å². The molecule has 0 atom stereocenters. The van der Waals surface area contributed by atoms with Gasteiger partial charge in [0, 0.05) is 47.9 Å². The molecule has 0 amide bonds. The Hall–Kier alpha value is -6.42. The lowest BCUT2D eigenvalue weighted by Gasteiger charge is -2.26. The molecule has 240 valence electrons. The summed E-state index contributed by atoms with van der Waals surface area (Å²) in [6, 6.07) is 67.2. The predicted molar refractivity (Wildman–Crippen MR) is 218 cm³/mol. The van der Waals surface area contributed by atoms with Crippen LogP contribution in [0.3, 0.4) is 0 Å². The molecule has 10 rings (SSSR count). The molecule has 0 aliphatic heterocycles. The van der Waals surface area contributed by atoms with Crippen molar-refractivity contribution < 1.29 is 4.42 Å². The number of hydrogen-bond acceptors (Lipinski definition) is 3. The van der Waals surface area contributed by atoms with E-state index in [9.17, 15) is 0 Å². The quantitative estimate of drug-likeness (QED) is 0.175. The Morgan fingerprint density at radius 2 is 0.882 bits per heavy atom. The first-order valence-electron chi connectivity index (χ1n) is 17.3. The van der Waals surface area contributed by atoms with Crippen LogP contribution in [0, 0.1) is 0 Å². The molecule has 0 unspecified atom stereocenters. The number of benzene rings is 8. The lowest BCUT2D eigenvalue weighted by atomic mass is 10.0. The maximum atomic E-state index is 6.90. The van der Waals surface area contributed by atoms with E-state index in [-0.39, 0.29) is 0 Å². The van der Waals surface area contributed by atoms with Crippen molar-refractivity contribution in [2.24, 2.45) is 0 Å². The fourth-order valence-electron chi connectivity index (χ4n) is 7.40. The second-order valence-electron chi connectivity index (χ2n) is 12.9. The van der Waals surface area contributed by atoms with Crippen molar-refractivity contribution in [1.29, 1.82) is 0 Å². The zero-order chi connectivity index (χ0) is 33.7. The zero-order valence-electron chi connectivity index (χ0n) is 27.7. The van der Waals surface area contributed by atoms with E-state index in [1.807, 2.05) is 11.3 Å². The molecule has 2 heterocycles. The highest BCUT2D eigenvalue weighted by atomic mass is 32.1. The molecule has 0 aliphatic rings. The third kappa shape index (κ3) is 5.10. The second-order valence-corrected chi connectivity index (χ2v) is 14.0. The average molecular weight is 670 g/mol. The first kappa shape index (κ1) is 29.5. The number of para-hydroxylation sites is 2. The van der Waals surface area contributed by atoms with Gasteiger partial charge in [-0.25, -0.2) is 0 Å². The Morgan fingerprint density at radius 3 is 1.61 bits per heavy atom. The van der Waals surface area contributed by atoms with Crippen LogP contribution in [0.2, 0.25) is 0 Å². The summed E-state index contributed by atoms with van der Waals surface area (Å²) in [5.41, 5.74) is 11.9. The number of rotatable bonds is 6. The lowest BCUT2D eigenvalue weighted by molar-refractivity contribution is 0.670. The first-order valence-corrected chi connectivity index (χ1v) is 18.1. The van der Waals surface area contributed by atoms with Crippen LogP contribution in [0.15, 0.2) is 192 Å². The van der Waals surface area contributed by atoms with E-state index >= 15 is 0 Å². The minimum absolute atomic E-state index is 0.863. The molecule has 51 heavy (non-hydrogen) atoms. The van der Waals surface area contributed by atoms with Crippen molar-refractivity contribution in [1.82, 2.24) is 0 Å². The van der Waals surface area contributed by atoms with Gasteiger partial charge in [-0.1, -0.05) is 146 Å². The standard InChI is InChI=1S/C48H31NOS/c1-3-11-32(12-4-1)33-21-26-37(27-22-33)49(38-28-23-34(24-29-38)36-25-30-41-40-15-7-8-20-45(40)51-46(41)31-36)44-19-10-18-43-42-17-9-16-39(47(42)50-48(43)44)35-13-5-2-6-14-35/h1-31H. The van der Waals surface area contributed by atoms with Crippen LogP contribution < -0.4 is 4.90 Å². The smallest absolute Gasteiger partial charge is 0.159 e. The highest BCUT2D eigenvalue weighted by Gasteiger charge is 2.21. The number of hydrogen-bond donors (Lipinski definition) is 0. The van der Waals surface area contributed by atoms with Crippen LogP contribution in [-0.4, -0.2) is 0 Å². The monoisotopic (exact) mass is 669 g/mol. The second kappa shape index (κ2) is 12.2. The van der Waals surface area contributed by atoms with E-state index in [4.69, 9.17) is 4.42 Å². The van der Waals surface area contributed by atoms with Crippen LogP contribution in [-0.2, 0) is 0 Å². The Balaban J connectivity index is 1.11. The highest BCUT2D eigenvalue weighted by Crippen LogP contribution is 2.45. The molecule has 0 bridgehead atoms. The average Bonchev–Trinajstić information content (AvgIpc) is 3.78. The van der Waals surface area contributed by atoms with E-state index in [0.717, 1.165) is 50.1 Å². The molecule has 2 aromatic heterocycles. The van der Waals surface area contributed by atoms with Crippen LogP contribution in [0.5, 0.6) is 0 Å². The van der Waals surface area contributed by atoms with Crippen LogP contribution in [0.4, 0.5) is 17.1 Å². The Labute approximate surface area is 300 Å². The van der Waals surface area contributed by atoms with Gasteiger partial charge in [0.05, 0.1) is 5.69 Å². The normalized spacial score (nSPS) is 11.5. The van der Waals surface area contributed by atoms with Gasteiger partial charge in [0.25, 0.3) is 0 Å². The molecule has 3 heteroatoms. The molecular weight excluding hydrogens is 639 g/mol. The number of nitrogens with zero attached hydrogens (tertiary/aromatic N) is 1. The molecule has 0 N–H and O–H groups in total. The highest BCUT2D eigenvalue weighted by molar-refractivity contribution is 7.25. The van der Waals surface area contributed by atoms with E-state index in [1.54, 1.807) is 0 Å². The van der Waals surface area contributed by atoms with Gasteiger partial charge >= 0.3 is 0 Å². The zero-order valence-corrected chi connectivity index (χ0v) is 28.5. The molecule has 2 nitrogen and oxygen atoms in total. The van der Waals surface area contributed by atoms with Crippen LogP contribution >= 0.6 is 11.3 Å². The molecule has 10 aromatic rings. The van der Waals surface area contributed by atoms with Gasteiger partial charge in [-0.3, -0.25) is 0 Å². The summed E-state index contributed by atoms with van der Waals surface area (Å²) in [6.07, 6.45) is 0. The van der Waals surface area contributed by atoms with Crippen LogP contribution in [0.25, 0.3) is 75.5 Å². The fraction of sp³-hybridized carbons (Fsp3) is 0. The molecule has 0 fully saturated rings. The van der Waals surface area contributed by atoms with E-state index < -0.39 is 0 Å². The predicted octanol–water partition coefficient (Wildman–Crippen LogP) is 14.4. The summed E-state index contributed by atoms with van der Waals surface area (Å²) < 4.78 is 9.54. The number of furan rings is 1. The summed E-state index contributed by atoms with van der Waals surface area (Å²) in [6.45, 7) is 0. The number of thiophene rings is 1. The summed E-state index contributed by atoms with van der Waals surface area (Å²) in [5.74, 6) is 0. The fourth-order valence-corrected chi connectivity index (χ4v) is 8.54. The Kier molecular flexibility index (Phi) is 7.04. The Morgan fingerprint density at radius 1 is 0.353 bits per heavy atom. The van der Waals surface area contributed by atoms with E-state index in [1.165, 1.54) is 42.4 Å². The molecule has 0 saturated carbocycles. The number of fused-ring (bicyclic) bond motifs is 6. The minimum Gasteiger partial charge on any atom is -0.453 e. The van der Waals surface area contributed by atoms with Crippen molar-refractivity contribution in [2.75, 3.05) is 4.90 Å². The van der Waals surface area contributed by atoms with E-state index in [0.29, 0.717) is 0 Å². The molecule has 0 saturated heterocycles. The molecular formula is C48H31NOS. The topological polar surface area (TPSA) is 16.4 Å². The van der Waals surface area contributed by atoms with Gasteiger partial charge in [-0.05, 0) is 70.3 Å². The third-order valence-electron chi connectivity index (χ3n) is 9.90. The van der Waals surface area contributed by atoms with Crippen molar-refractivity contribution in [3.63, 3.8) is 0 Å². The SMILES string of the molecule is c1ccc(-c2ccc(N(c3ccc(-c4ccc5c(c4)sc4ccccc45)cc3)c3cccc4c3oc3c(-c5ccccc5)cccc34)cc2)cc1. The maximum Gasteiger partial charge on any atom is 0.159 e. The van der Waals surface area contributed by atoms with Gasteiger partial charge in [0.1, 0.15) is 5.58 Å². The van der Waals surface area contributed by atoms with Gasteiger partial charge in [0.2, 0.25) is 0 Å². The van der Waals surface area contributed by atoms with Gasteiger partial charge in [-0.15, -0.1) is 11.3 Å². The first-order chi connectivity index (χ1) is 25.3. The molecule has 0 aliphatic carbocycles. The van der Waals surface area contributed by atoms with Crippen molar-refractivity contribution >= 4 is 70.5 Å². The molecule has 8 aromatic carbocycles. The molecule has 0 radical (unpaired) electrons. The minimum atomic E-state index is 0.863. The van der Waals surface area contributed by atoms with Crippen molar-refractivity contribution in [2.45, 2.75) is 0 Å². The van der Waals surface area contributed by atoms with Gasteiger partial charge in [0.15, 0.2) is 5.58 Å². The lowest BCUT2D eigenvalue weighted by Crippen LogP contribution is -2.10. The largest absolute Gasteiger partial charge is 0.453 e. The molecule has 0 spiro atoms. The Bertz CT molecular complexity index is 2830. The summed E-state index contributed by atoms with van der Waals surface area (Å²) in [7, 11) is 0. The third-order valence-corrected chi connectivity index (χ3v) is 11.0. The van der Waals surface area contributed by atoms with E-state index in [2.05, 4.69) is 193 Å². The summed E-state index contributed by atoms with van der Waals surface area (Å²) in [4.78, 5) is 2.32. The van der Waals surface area contributed by atoms with Crippen molar-refractivity contribution in [3.8, 4) is 33.4 Å². The van der Waals surface area contributed by atoms with Crippen LogP contribution in [0.1, 0.15) is 0 Å². The number of anilines is 3.